The van der Waals surface area contributed by atoms with Gasteiger partial charge in [-0.3, -0.25) is 0 Å². The molecule has 0 saturated carbocycles. The van der Waals surface area contributed by atoms with Crippen molar-refractivity contribution in [2.75, 3.05) is 0 Å². The van der Waals surface area contributed by atoms with E-state index in [4.69, 9.17) is 0 Å². The molecule has 0 saturated heterocycles. The highest BCUT2D eigenvalue weighted by molar-refractivity contribution is 7.53. The van der Waals surface area contributed by atoms with Gasteiger partial charge in [0.15, 0.2) is 0 Å². The van der Waals surface area contributed by atoms with Gasteiger partial charge in [0, 0.05) is 0 Å². The van der Waals surface area contributed by atoms with Gasteiger partial charge in [-0.1, -0.05) is 38.1 Å². The second kappa shape index (κ2) is 3.03. The Morgan fingerprint density at radius 2 is 1.92 bits per heavy atom. The summed E-state index contributed by atoms with van der Waals surface area (Å²) in [5, 5.41) is 3.00. The number of hydrogen-bond acceptors (Lipinski definition) is 0. The monoisotopic (exact) mass is 175 g/mol. The van der Waals surface area contributed by atoms with Crippen molar-refractivity contribution in [2.24, 2.45) is 5.92 Å². The minimum Gasteiger partial charge on any atom is -0.0616 e. The third-order valence-electron chi connectivity index (χ3n) is 2.08. The van der Waals surface area contributed by atoms with Crippen molar-refractivity contribution >= 4 is 20.0 Å². The van der Waals surface area contributed by atoms with Crippen molar-refractivity contribution < 1.29 is 0 Å². The first-order chi connectivity index (χ1) is 5.77. The topological polar surface area (TPSA) is 0 Å². The Morgan fingerprint density at radius 1 is 1.17 bits per heavy atom. The lowest BCUT2D eigenvalue weighted by molar-refractivity contribution is 0.822. The Morgan fingerprint density at radius 3 is 2.58 bits per heavy atom. The van der Waals surface area contributed by atoms with Crippen LogP contribution in [0.25, 0.3) is 6.08 Å². The van der Waals surface area contributed by atoms with Crippen LogP contribution in [0.3, 0.4) is 0 Å². The SMILES string of the molecule is CC(C)C1=Cc2ccccc2[P]1. The third kappa shape index (κ3) is 1.32. The molecule has 0 nitrogen and oxygen atoms in total. The van der Waals surface area contributed by atoms with Crippen LogP contribution in [0.2, 0.25) is 0 Å². The number of rotatable bonds is 1. The first-order valence-electron chi connectivity index (χ1n) is 4.30. The molecule has 0 aliphatic carbocycles. The fourth-order valence-electron chi connectivity index (χ4n) is 1.34. The molecule has 0 N–H and O–H groups in total. The molecule has 1 aromatic carbocycles. The first-order valence-corrected chi connectivity index (χ1v) is 5.19. The molecular formula is C11H12P. The summed E-state index contributed by atoms with van der Waals surface area (Å²) in [7, 11) is 1.41. The molecule has 0 aromatic heterocycles. The predicted octanol–water partition coefficient (Wildman–Crippen LogP) is 3.27. The molecule has 61 valence electrons. The van der Waals surface area contributed by atoms with Crippen molar-refractivity contribution in [3.8, 4) is 0 Å². The summed E-state index contributed by atoms with van der Waals surface area (Å²) in [5.74, 6) is 0.680. The fourth-order valence-corrected chi connectivity index (χ4v) is 2.51. The maximum Gasteiger partial charge on any atom is -0.00768 e. The van der Waals surface area contributed by atoms with E-state index in [0.717, 1.165) is 0 Å². The van der Waals surface area contributed by atoms with Crippen LogP contribution in [-0.2, 0) is 0 Å². The number of benzene rings is 1. The van der Waals surface area contributed by atoms with Crippen LogP contribution < -0.4 is 5.30 Å². The van der Waals surface area contributed by atoms with Gasteiger partial charge in [-0.05, 0) is 36.8 Å². The molecule has 1 heteroatoms. The number of fused-ring (bicyclic) bond motifs is 1. The molecule has 1 heterocycles. The van der Waals surface area contributed by atoms with Crippen molar-refractivity contribution in [3.63, 3.8) is 0 Å². The van der Waals surface area contributed by atoms with Gasteiger partial charge in [0.1, 0.15) is 0 Å². The highest BCUT2D eigenvalue weighted by Crippen LogP contribution is 2.37. The Labute approximate surface area is 75.5 Å². The molecule has 1 aromatic rings. The number of hydrogen-bond donors (Lipinski definition) is 0. The van der Waals surface area contributed by atoms with Crippen LogP contribution in [0.4, 0.5) is 0 Å². The normalized spacial score (nSPS) is 16.8. The van der Waals surface area contributed by atoms with Gasteiger partial charge in [0.25, 0.3) is 0 Å². The molecule has 0 atom stereocenters. The number of allylic oxidation sites excluding steroid dienone is 1. The smallest absolute Gasteiger partial charge is 0.00768 e. The summed E-state index contributed by atoms with van der Waals surface area (Å²) >= 11 is 0. The molecule has 0 unspecified atom stereocenters. The predicted molar refractivity (Wildman–Crippen MR) is 55.8 cm³/mol. The third-order valence-corrected chi connectivity index (χ3v) is 3.63. The largest absolute Gasteiger partial charge is 0.0616 e. The zero-order valence-electron chi connectivity index (χ0n) is 7.41. The first kappa shape index (κ1) is 8.01. The van der Waals surface area contributed by atoms with Crippen molar-refractivity contribution in [1.29, 1.82) is 0 Å². The molecule has 12 heavy (non-hydrogen) atoms. The van der Waals surface area contributed by atoms with Crippen LogP contribution in [0.1, 0.15) is 19.4 Å². The molecule has 1 radical (unpaired) electrons. The molecule has 1 aliphatic rings. The summed E-state index contributed by atoms with van der Waals surface area (Å²) < 4.78 is 0. The van der Waals surface area contributed by atoms with Crippen LogP contribution in [0.15, 0.2) is 29.6 Å². The van der Waals surface area contributed by atoms with Crippen molar-refractivity contribution in [3.05, 3.63) is 35.1 Å². The van der Waals surface area contributed by atoms with Gasteiger partial charge in [-0.25, -0.2) is 0 Å². The van der Waals surface area contributed by atoms with Crippen LogP contribution in [0.5, 0.6) is 0 Å². The Bertz CT molecular complexity index is 324. The Balaban J connectivity index is 2.35. The summed E-state index contributed by atoms with van der Waals surface area (Å²) in [4.78, 5) is 0. The lowest BCUT2D eigenvalue weighted by Crippen LogP contribution is -1.93. The maximum atomic E-state index is 2.32. The van der Waals surface area contributed by atoms with E-state index in [1.165, 1.54) is 24.8 Å². The van der Waals surface area contributed by atoms with E-state index >= 15 is 0 Å². The summed E-state index contributed by atoms with van der Waals surface area (Å²) in [6.45, 7) is 4.51. The van der Waals surface area contributed by atoms with Gasteiger partial charge >= 0.3 is 0 Å². The zero-order chi connectivity index (χ0) is 8.55. The second-order valence-electron chi connectivity index (χ2n) is 3.39. The van der Waals surface area contributed by atoms with Crippen LogP contribution in [0, 0.1) is 5.92 Å². The Hall–Kier alpha value is -0.610. The van der Waals surface area contributed by atoms with Gasteiger partial charge in [-0.15, -0.1) is 0 Å². The standard InChI is InChI=1S/C11H12P/c1-8(2)11-7-9-5-3-4-6-10(9)12-11/h3-8H,1-2H3. The van der Waals surface area contributed by atoms with Gasteiger partial charge in [0.2, 0.25) is 0 Å². The Kier molecular flexibility index (Phi) is 2.02. The average Bonchev–Trinajstić information content (AvgIpc) is 2.46. The lowest BCUT2D eigenvalue weighted by atomic mass is 10.1. The molecule has 0 spiro atoms. The van der Waals surface area contributed by atoms with E-state index in [2.05, 4.69) is 44.2 Å². The molecule has 1 aliphatic heterocycles. The van der Waals surface area contributed by atoms with Gasteiger partial charge < -0.3 is 0 Å². The molecule has 2 rings (SSSR count). The zero-order valence-corrected chi connectivity index (χ0v) is 8.31. The second-order valence-corrected chi connectivity index (χ2v) is 4.62. The quantitative estimate of drug-likeness (QED) is 0.574. The summed E-state index contributed by atoms with van der Waals surface area (Å²) in [6.07, 6.45) is 2.32. The minimum absolute atomic E-state index is 0.680. The molecule has 0 bridgehead atoms. The highest BCUT2D eigenvalue weighted by atomic mass is 31.1. The van der Waals surface area contributed by atoms with Crippen molar-refractivity contribution in [2.45, 2.75) is 13.8 Å². The van der Waals surface area contributed by atoms with Crippen molar-refractivity contribution in [1.82, 2.24) is 0 Å². The fraction of sp³-hybridized carbons (Fsp3) is 0.273. The highest BCUT2D eigenvalue weighted by Gasteiger charge is 2.14. The summed E-state index contributed by atoms with van der Waals surface area (Å²) in [5.41, 5.74) is 1.41. The van der Waals surface area contributed by atoms with E-state index in [0.29, 0.717) is 5.92 Å². The van der Waals surface area contributed by atoms with Crippen LogP contribution >= 0.6 is 8.58 Å². The molecular weight excluding hydrogens is 163 g/mol. The van der Waals surface area contributed by atoms with Crippen LogP contribution in [-0.4, -0.2) is 0 Å². The van der Waals surface area contributed by atoms with Gasteiger partial charge in [-0.2, -0.15) is 0 Å². The minimum atomic E-state index is 0.680. The molecule has 0 fully saturated rings. The lowest BCUT2D eigenvalue weighted by Gasteiger charge is -2.02. The van der Waals surface area contributed by atoms with Gasteiger partial charge in [0.05, 0.1) is 0 Å². The molecule has 0 amide bonds. The maximum absolute atomic E-state index is 2.32. The van der Waals surface area contributed by atoms with E-state index < -0.39 is 0 Å². The van der Waals surface area contributed by atoms with E-state index in [1.54, 1.807) is 0 Å². The summed E-state index contributed by atoms with van der Waals surface area (Å²) in [6, 6.07) is 8.62. The van der Waals surface area contributed by atoms with E-state index in [9.17, 15) is 0 Å². The van der Waals surface area contributed by atoms with E-state index in [1.807, 2.05) is 0 Å². The average molecular weight is 175 g/mol. The van der Waals surface area contributed by atoms with E-state index in [-0.39, 0.29) is 0 Å².